The highest BCUT2D eigenvalue weighted by molar-refractivity contribution is 7.99. The Bertz CT molecular complexity index is 342. The molecule has 4 heteroatoms. The first-order valence-corrected chi connectivity index (χ1v) is 6.99. The minimum Gasteiger partial charge on any atom is -0.497 e. The van der Waals surface area contributed by atoms with Crippen molar-refractivity contribution < 1.29 is 9.47 Å². The molecule has 17 heavy (non-hydrogen) atoms. The van der Waals surface area contributed by atoms with Crippen LogP contribution in [0, 0.1) is 0 Å². The number of benzene rings is 1. The van der Waals surface area contributed by atoms with Gasteiger partial charge in [0.15, 0.2) is 0 Å². The van der Waals surface area contributed by atoms with Crippen LogP contribution in [-0.4, -0.2) is 43.7 Å². The second kappa shape index (κ2) is 6.17. The van der Waals surface area contributed by atoms with E-state index >= 15 is 0 Å². The molecule has 1 aliphatic heterocycles. The number of methoxy groups -OCH3 is 2. The SMILES string of the molecule is COc1cc(CN2CCSCC2)cc(OC)c1. The largest absolute Gasteiger partial charge is 0.497 e. The van der Waals surface area contributed by atoms with Crippen molar-refractivity contribution in [2.45, 2.75) is 6.54 Å². The summed E-state index contributed by atoms with van der Waals surface area (Å²) < 4.78 is 10.6. The molecule has 94 valence electrons. The lowest BCUT2D eigenvalue weighted by atomic mass is 10.2. The average Bonchev–Trinajstić information content (AvgIpc) is 2.39. The van der Waals surface area contributed by atoms with Gasteiger partial charge in [0.25, 0.3) is 0 Å². The normalized spacial score (nSPS) is 16.8. The number of hydrogen-bond donors (Lipinski definition) is 0. The van der Waals surface area contributed by atoms with Crippen molar-refractivity contribution in [3.8, 4) is 11.5 Å². The summed E-state index contributed by atoms with van der Waals surface area (Å²) in [7, 11) is 3.38. The molecule has 1 heterocycles. The first kappa shape index (κ1) is 12.6. The lowest BCUT2D eigenvalue weighted by molar-refractivity contribution is 0.293. The zero-order valence-corrected chi connectivity index (χ0v) is 11.3. The molecule has 1 saturated heterocycles. The van der Waals surface area contributed by atoms with Crippen LogP contribution in [0.25, 0.3) is 0 Å². The van der Waals surface area contributed by atoms with Gasteiger partial charge in [-0.05, 0) is 17.7 Å². The van der Waals surface area contributed by atoms with Gasteiger partial charge in [0.1, 0.15) is 11.5 Å². The Kier molecular flexibility index (Phi) is 4.57. The molecule has 0 radical (unpaired) electrons. The van der Waals surface area contributed by atoms with Crippen molar-refractivity contribution in [3.05, 3.63) is 23.8 Å². The van der Waals surface area contributed by atoms with Gasteiger partial charge < -0.3 is 9.47 Å². The maximum absolute atomic E-state index is 5.28. The van der Waals surface area contributed by atoms with Crippen LogP contribution in [0.5, 0.6) is 11.5 Å². The number of ether oxygens (including phenoxy) is 2. The summed E-state index contributed by atoms with van der Waals surface area (Å²) in [5.74, 6) is 4.21. The minimum atomic E-state index is 0.866. The molecule has 0 spiro atoms. The van der Waals surface area contributed by atoms with Gasteiger partial charge in [-0.2, -0.15) is 11.8 Å². The van der Waals surface area contributed by atoms with Gasteiger partial charge in [0.2, 0.25) is 0 Å². The monoisotopic (exact) mass is 253 g/mol. The molecule has 0 N–H and O–H groups in total. The third-order valence-electron chi connectivity index (χ3n) is 2.92. The van der Waals surface area contributed by atoms with Crippen molar-refractivity contribution >= 4 is 11.8 Å². The number of rotatable bonds is 4. The zero-order chi connectivity index (χ0) is 12.1. The fourth-order valence-corrected chi connectivity index (χ4v) is 2.95. The van der Waals surface area contributed by atoms with Gasteiger partial charge in [-0.3, -0.25) is 4.90 Å². The highest BCUT2D eigenvalue weighted by Crippen LogP contribution is 2.24. The van der Waals surface area contributed by atoms with E-state index in [2.05, 4.69) is 17.0 Å². The molecule has 0 aromatic heterocycles. The van der Waals surface area contributed by atoms with Crippen molar-refractivity contribution in [1.82, 2.24) is 4.90 Å². The second-order valence-corrected chi connectivity index (χ2v) is 5.33. The van der Waals surface area contributed by atoms with E-state index in [-0.39, 0.29) is 0 Å². The van der Waals surface area contributed by atoms with Gasteiger partial charge >= 0.3 is 0 Å². The summed E-state index contributed by atoms with van der Waals surface area (Å²) in [6.07, 6.45) is 0. The summed E-state index contributed by atoms with van der Waals surface area (Å²) in [5, 5.41) is 0. The van der Waals surface area contributed by atoms with Gasteiger partial charge in [-0.25, -0.2) is 0 Å². The molecule has 1 aromatic carbocycles. The fraction of sp³-hybridized carbons (Fsp3) is 0.538. The summed E-state index contributed by atoms with van der Waals surface area (Å²) >= 11 is 2.03. The summed E-state index contributed by atoms with van der Waals surface area (Å²) in [6, 6.07) is 6.09. The first-order valence-electron chi connectivity index (χ1n) is 5.84. The summed E-state index contributed by atoms with van der Waals surface area (Å²) in [5.41, 5.74) is 1.26. The first-order chi connectivity index (χ1) is 8.31. The molecule has 1 fully saturated rings. The quantitative estimate of drug-likeness (QED) is 0.820. The van der Waals surface area contributed by atoms with E-state index in [1.54, 1.807) is 14.2 Å². The number of nitrogens with zero attached hydrogens (tertiary/aromatic N) is 1. The molecule has 1 aromatic rings. The van der Waals surface area contributed by atoms with Gasteiger partial charge in [-0.1, -0.05) is 0 Å². The van der Waals surface area contributed by atoms with Crippen LogP contribution in [0.15, 0.2) is 18.2 Å². The zero-order valence-electron chi connectivity index (χ0n) is 10.4. The van der Waals surface area contributed by atoms with Crippen LogP contribution < -0.4 is 9.47 Å². The fourth-order valence-electron chi connectivity index (χ4n) is 1.98. The molecular weight excluding hydrogens is 234 g/mol. The Labute approximate surface area is 107 Å². The van der Waals surface area contributed by atoms with Crippen LogP contribution in [0.3, 0.4) is 0 Å². The van der Waals surface area contributed by atoms with Crippen molar-refractivity contribution in [2.24, 2.45) is 0 Å². The van der Waals surface area contributed by atoms with Gasteiger partial charge in [0.05, 0.1) is 14.2 Å². The van der Waals surface area contributed by atoms with Crippen LogP contribution >= 0.6 is 11.8 Å². The average molecular weight is 253 g/mol. The molecule has 1 aliphatic rings. The smallest absolute Gasteiger partial charge is 0.122 e. The maximum Gasteiger partial charge on any atom is 0.122 e. The summed E-state index contributed by atoms with van der Waals surface area (Å²) in [6.45, 7) is 3.32. The molecule has 2 rings (SSSR count). The Morgan fingerprint density at radius 3 is 2.18 bits per heavy atom. The molecule has 0 saturated carbocycles. The standard InChI is InChI=1S/C13H19NO2S/c1-15-12-7-11(8-13(9-12)16-2)10-14-3-5-17-6-4-14/h7-9H,3-6,10H2,1-2H3. The third kappa shape index (κ3) is 3.54. The molecule has 0 bridgehead atoms. The van der Waals surface area contributed by atoms with E-state index in [0.717, 1.165) is 18.0 Å². The van der Waals surface area contributed by atoms with E-state index in [0.29, 0.717) is 0 Å². The highest BCUT2D eigenvalue weighted by Gasteiger charge is 2.11. The Hall–Kier alpha value is -0.870. The van der Waals surface area contributed by atoms with Gasteiger partial charge in [-0.15, -0.1) is 0 Å². The van der Waals surface area contributed by atoms with E-state index in [1.165, 1.54) is 30.2 Å². The van der Waals surface area contributed by atoms with Crippen molar-refractivity contribution in [2.75, 3.05) is 38.8 Å². The van der Waals surface area contributed by atoms with Crippen LogP contribution in [0.4, 0.5) is 0 Å². The highest BCUT2D eigenvalue weighted by atomic mass is 32.2. The lowest BCUT2D eigenvalue weighted by Gasteiger charge is -2.26. The second-order valence-electron chi connectivity index (χ2n) is 4.11. The van der Waals surface area contributed by atoms with Crippen LogP contribution in [0.2, 0.25) is 0 Å². The predicted octanol–water partition coefficient (Wildman–Crippen LogP) is 2.25. The topological polar surface area (TPSA) is 21.7 Å². The van der Waals surface area contributed by atoms with Crippen molar-refractivity contribution in [1.29, 1.82) is 0 Å². The summed E-state index contributed by atoms with van der Waals surface area (Å²) in [4.78, 5) is 2.48. The van der Waals surface area contributed by atoms with E-state index in [4.69, 9.17) is 9.47 Å². The Morgan fingerprint density at radius 1 is 1.06 bits per heavy atom. The Balaban J connectivity index is 2.07. The molecule has 0 amide bonds. The molecule has 0 atom stereocenters. The van der Waals surface area contributed by atoms with E-state index in [1.807, 2.05) is 17.8 Å². The van der Waals surface area contributed by atoms with Crippen LogP contribution in [0.1, 0.15) is 5.56 Å². The molecule has 3 nitrogen and oxygen atoms in total. The maximum atomic E-state index is 5.28. The molecule has 0 unspecified atom stereocenters. The molecular formula is C13H19NO2S. The lowest BCUT2D eigenvalue weighted by Crippen LogP contribution is -2.31. The Morgan fingerprint density at radius 2 is 1.65 bits per heavy atom. The van der Waals surface area contributed by atoms with Gasteiger partial charge in [0, 0.05) is 37.2 Å². The number of hydrogen-bond acceptors (Lipinski definition) is 4. The minimum absolute atomic E-state index is 0.866. The number of thioether (sulfide) groups is 1. The predicted molar refractivity (Wildman–Crippen MR) is 72.1 cm³/mol. The third-order valence-corrected chi connectivity index (χ3v) is 3.86. The van der Waals surface area contributed by atoms with Crippen molar-refractivity contribution in [3.63, 3.8) is 0 Å². The van der Waals surface area contributed by atoms with E-state index < -0.39 is 0 Å². The van der Waals surface area contributed by atoms with E-state index in [9.17, 15) is 0 Å². The van der Waals surface area contributed by atoms with Crippen LogP contribution in [-0.2, 0) is 6.54 Å². The molecule has 0 aliphatic carbocycles.